The lowest BCUT2D eigenvalue weighted by Gasteiger charge is -2.00. The van der Waals surface area contributed by atoms with E-state index in [2.05, 4.69) is 34.6 Å². The minimum absolute atomic E-state index is 0.789. The van der Waals surface area contributed by atoms with E-state index in [1.807, 2.05) is 37.6 Å². The first-order valence-electron chi connectivity index (χ1n) is 6.94. The summed E-state index contributed by atoms with van der Waals surface area (Å²) >= 11 is 1.78. The van der Waals surface area contributed by atoms with E-state index in [4.69, 9.17) is 4.98 Å². The third kappa shape index (κ3) is 3.35. The van der Waals surface area contributed by atoms with Crippen molar-refractivity contribution < 1.29 is 0 Å². The van der Waals surface area contributed by atoms with Crippen LogP contribution in [0.4, 0.5) is 0 Å². The highest BCUT2D eigenvalue weighted by Crippen LogP contribution is 2.31. The molecule has 2 heterocycles. The number of nitrogens with zero attached hydrogens (tertiary/aromatic N) is 2. The number of thiazole rings is 1. The van der Waals surface area contributed by atoms with Gasteiger partial charge in [0.2, 0.25) is 0 Å². The Labute approximate surface area is 128 Å². The fourth-order valence-corrected chi connectivity index (χ4v) is 3.37. The van der Waals surface area contributed by atoms with Gasteiger partial charge in [-0.3, -0.25) is 4.98 Å². The number of rotatable bonds is 5. The average molecular weight is 295 g/mol. The molecule has 3 aromatic rings. The van der Waals surface area contributed by atoms with Crippen molar-refractivity contribution in [1.82, 2.24) is 15.3 Å². The van der Waals surface area contributed by atoms with Crippen molar-refractivity contribution in [3.8, 4) is 10.4 Å². The first-order valence-corrected chi connectivity index (χ1v) is 7.76. The zero-order chi connectivity index (χ0) is 14.5. The summed E-state index contributed by atoms with van der Waals surface area (Å²) in [5.41, 5.74) is 3.60. The Bertz CT molecular complexity index is 693. The molecule has 0 aliphatic heterocycles. The van der Waals surface area contributed by atoms with Gasteiger partial charge >= 0.3 is 0 Å². The molecule has 0 radical (unpaired) electrons. The lowest BCUT2D eigenvalue weighted by molar-refractivity contribution is 0.794. The zero-order valence-electron chi connectivity index (χ0n) is 11.9. The number of benzene rings is 1. The van der Waals surface area contributed by atoms with Crippen LogP contribution >= 0.6 is 11.3 Å². The Hall–Kier alpha value is -2.04. The van der Waals surface area contributed by atoms with Crippen molar-refractivity contribution >= 4 is 11.3 Å². The summed E-state index contributed by atoms with van der Waals surface area (Å²) in [5.74, 6) is 0. The van der Waals surface area contributed by atoms with E-state index < -0.39 is 0 Å². The van der Waals surface area contributed by atoms with E-state index >= 15 is 0 Å². The number of aromatic nitrogens is 2. The predicted molar refractivity (Wildman–Crippen MR) is 87.4 cm³/mol. The topological polar surface area (TPSA) is 37.8 Å². The molecule has 0 saturated carbocycles. The van der Waals surface area contributed by atoms with Crippen LogP contribution in [0.3, 0.4) is 0 Å². The van der Waals surface area contributed by atoms with E-state index in [0.717, 1.165) is 23.7 Å². The highest BCUT2D eigenvalue weighted by atomic mass is 32.1. The van der Waals surface area contributed by atoms with Crippen molar-refractivity contribution in [2.75, 3.05) is 7.05 Å². The molecule has 0 fully saturated rings. The van der Waals surface area contributed by atoms with Gasteiger partial charge in [-0.05, 0) is 30.3 Å². The van der Waals surface area contributed by atoms with E-state index in [0.29, 0.717) is 0 Å². The molecule has 0 saturated heterocycles. The lowest BCUT2D eigenvalue weighted by Crippen LogP contribution is -2.06. The Morgan fingerprint density at radius 3 is 2.52 bits per heavy atom. The van der Waals surface area contributed by atoms with Gasteiger partial charge in [0.15, 0.2) is 0 Å². The van der Waals surface area contributed by atoms with Crippen molar-refractivity contribution in [1.29, 1.82) is 0 Å². The van der Waals surface area contributed by atoms with E-state index in [9.17, 15) is 0 Å². The molecule has 0 bridgehead atoms. The molecule has 0 spiro atoms. The van der Waals surface area contributed by atoms with Gasteiger partial charge < -0.3 is 5.32 Å². The average Bonchev–Trinajstić information content (AvgIpc) is 2.92. The van der Waals surface area contributed by atoms with Gasteiger partial charge in [0.25, 0.3) is 0 Å². The highest BCUT2D eigenvalue weighted by Gasteiger charge is 2.12. The molecule has 1 aromatic carbocycles. The maximum absolute atomic E-state index is 4.81. The Morgan fingerprint density at radius 1 is 1.05 bits per heavy atom. The molecule has 3 nitrogen and oxygen atoms in total. The number of hydrogen-bond donors (Lipinski definition) is 1. The second kappa shape index (κ2) is 6.61. The van der Waals surface area contributed by atoms with E-state index in [-0.39, 0.29) is 0 Å². The maximum Gasteiger partial charge on any atom is 0.0979 e. The van der Waals surface area contributed by atoms with Gasteiger partial charge in [-0.25, -0.2) is 4.98 Å². The summed E-state index contributed by atoms with van der Waals surface area (Å²) < 4.78 is 0. The molecule has 4 heteroatoms. The molecule has 0 atom stereocenters. The van der Waals surface area contributed by atoms with Crippen LogP contribution in [-0.2, 0) is 13.0 Å². The van der Waals surface area contributed by atoms with Crippen LogP contribution in [-0.4, -0.2) is 17.0 Å². The number of nitrogens with one attached hydrogen (secondary N) is 1. The molecular weight excluding hydrogens is 278 g/mol. The second-order valence-electron chi connectivity index (χ2n) is 4.81. The molecule has 106 valence electrons. The van der Waals surface area contributed by atoms with Gasteiger partial charge in [-0.15, -0.1) is 11.3 Å². The summed E-state index contributed by atoms with van der Waals surface area (Å²) in [4.78, 5) is 10.1. The molecular formula is C17H17N3S. The quantitative estimate of drug-likeness (QED) is 0.782. The smallest absolute Gasteiger partial charge is 0.0979 e. The third-order valence-electron chi connectivity index (χ3n) is 3.23. The fourth-order valence-electron chi connectivity index (χ4n) is 2.25. The van der Waals surface area contributed by atoms with Gasteiger partial charge in [0.1, 0.15) is 0 Å². The van der Waals surface area contributed by atoms with Gasteiger partial charge in [-0.2, -0.15) is 0 Å². The molecule has 21 heavy (non-hydrogen) atoms. The molecule has 0 amide bonds. The fraction of sp³-hybridized carbons (Fsp3) is 0.176. The Kier molecular flexibility index (Phi) is 4.38. The van der Waals surface area contributed by atoms with Crippen molar-refractivity contribution in [3.05, 3.63) is 71.1 Å². The van der Waals surface area contributed by atoms with Gasteiger partial charge in [0.05, 0.1) is 15.6 Å². The predicted octanol–water partition coefficient (Wildman–Crippen LogP) is 3.52. The van der Waals surface area contributed by atoms with Crippen molar-refractivity contribution in [2.45, 2.75) is 13.0 Å². The minimum Gasteiger partial charge on any atom is -0.314 e. The largest absolute Gasteiger partial charge is 0.314 e. The number of hydrogen-bond acceptors (Lipinski definition) is 4. The summed E-state index contributed by atoms with van der Waals surface area (Å²) in [5, 5.41) is 4.35. The molecule has 3 rings (SSSR count). The highest BCUT2D eigenvalue weighted by molar-refractivity contribution is 7.15. The molecule has 0 aliphatic carbocycles. The molecule has 2 aromatic heterocycles. The summed E-state index contributed by atoms with van der Waals surface area (Å²) in [6.07, 6.45) is 4.52. The standard InChI is InChI=1S/C17H17N3S/c1-18-12-15-17(14-5-3-2-4-6-14)21-16(20-15)11-13-7-9-19-10-8-13/h2-10,18H,11-12H2,1H3. The normalized spacial score (nSPS) is 10.7. The maximum atomic E-state index is 4.81. The van der Waals surface area contributed by atoms with E-state index in [1.165, 1.54) is 16.0 Å². The van der Waals surface area contributed by atoms with Gasteiger partial charge in [0, 0.05) is 25.4 Å². The van der Waals surface area contributed by atoms with Crippen LogP contribution in [0.1, 0.15) is 16.3 Å². The summed E-state index contributed by atoms with van der Waals surface area (Å²) in [6.45, 7) is 0.789. The molecule has 1 N–H and O–H groups in total. The SMILES string of the molecule is CNCc1nc(Cc2ccncc2)sc1-c1ccccc1. The summed E-state index contributed by atoms with van der Waals surface area (Å²) in [7, 11) is 1.96. The molecule has 0 unspecified atom stereocenters. The first kappa shape index (κ1) is 13.9. The monoisotopic (exact) mass is 295 g/mol. The van der Waals surface area contributed by atoms with Crippen LogP contribution in [0.5, 0.6) is 0 Å². The second-order valence-corrected chi connectivity index (χ2v) is 5.90. The van der Waals surface area contributed by atoms with Crippen LogP contribution < -0.4 is 5.32 Å². The summed E-state index contributed by atoms with van der Waals surface area (Å²) in [6, 6.07) is 14.6. The molecule has 0 aliphatic rings. The Balaban J connectivity index is 1.93. The van der Waals surface area contributed by atoms with Crippen LogP contribution in [0.2, 0.25) is 0 Å². The Morgan fingerprint density at radius 2 is 1.81 bits per heavy atom. The van der Waals surface area contributed by atoms with Crippen LogP contribution in [0, 0.1) is 0 Å². The van der Waals surface area contributed by atoms with Crippen LogP contribution in [0.25, 0.3) is 10.4 Å². The van der Waals surface area contributed by atoms with Crippen LogP contribution in [0.15, 0.2) is 54.9 Å². The zero-order valence-corrected chi connectivity index (χ0v) is 12.7. The van der Waals surface area contributed by atoms with Crippen molar-refractivity contribution in [2.24, 2.45) is 0 Å². The third-order valence-corrected chi connectivity index (χ3v) is 4.37. The number of pyridine rings is 1. The first-order chi connectivity index (χ1) is 10.4. The van der Waals surface area contributed by atoms with E-state index in [1.54, 1.807) is 11.3 Å². The lowest BCUT2D eigenvalue weighted by atomic mass is 10.1. The minimum atomic E-state index is 0.789. The van der Waals surface area contributed by atoms with Crippen molar-refractivity contribution in [3.63, 3.8) is 0 Å². The van der Waals surface area contributed by atoms with Gasteiger partial charge in [-0.1, -0.05) is 30.3 Å².